The lowest BCUT2D eigenvalue weighted by Gasteiger charge is -2.18. The van der Waals surface area contributed by atoms with Gasteiger partial charge in [0.05, 0.1) is 5.52 Å². The van der Waals surface area contributed by atoms with Crippen LogP contribution >= 0.6 is 11.8 Å². The molecular formula is C27H33NO2S. The van der Waals surface area contributed by atoms with Gasteiger partial charge in [-0.1, -0.05) is 62.6 Å². The monoisotopic (exact) mass is 435 g/mol. The van der Waals surface area contributed by atoms with Gasteiger partial charge < -0.3 is 4.74 Å². The Kier molecular flexibility index (Phi) is 10.3. The van der Waals surface area contributed by atoms with Gasteiger partial charge in [-0.2, -0.15) is 0 Å². The van der Waals surface area contributed by atoms with Gasteiger partial charge in [-0.25, -0.2) is 0 Å². The number of allylic oxidation sites excluding steroid dienone is 5. The van der Waals surface area contributed by atoms with Gasteiger partial charge in [0.2, 0.25) is 5.44 Å². The predicted molar refractivity (Wildman–Crippen MR) is 135 cm³/mol. The SMILES string of the molecule is C#Cc1cnc2ccc(OC(SC)C(C)=O)cc2c1.C=C(C)/C=C\C=C(/C)C(C)(C)C. The maximum absolute atomic E-state index is 11.4. The van der Waals surface area contributed by atoms with Crippen molar-refractivity contribution in [3.05, 3.63) is 72.0 Å². The van der Waals surface area contributed by atoms with Gasteiger partial charge in [0.25, 0.3) is 0 Å². The number of benzene rings is 1. The number of ketones is 1. The number of thioether (sulfide) groups is 1. The van der Waals surface area contributed by atoms with Crippen LogP contribution in [0.4, 0.5) is 0 Å². The van der Waals surface area contributed by atoms with Gasteiger partial charge in [-0.3, -0.25) is 9.78 Å². The minimum Gasteiger partial charge on any atom is -0.472 e. The number of fused-ring (bicyclic) bond motifs is 1. The zero-order valence-electron chi connectivity index (χ0n) is 19.7. The molecule has 0 fully saturated rings. The molecule has 1 atom stereocenters. The molecule has 0 saturated heterocycles. The van der Waals surface area contributed by atoms with E-state index in [1.165, 1.54) is 24.3 Å². The number of carbonyl (C=O) groups is 1. The van der Waals surface area contributed by atoms with Crippen LogP contribution in [0, 0.1) is 17.8 Å². The van der Waals surface area contributed by atoms with Crippen molar-refractivity contribution in [1.82, 2.24) is 4.98 Å². The largest absolute Gasteiger partial charge is 0.472 e. The number of nitrogens with zero attached hydrogens (tertiary/aromatic N) is 1. The second-order valence-corrected chi connectivity index (χ2v) is 9.22. The summed E-state index contributed by atoms with van der Waals surface area (Å²) in [6, 6.07) is 7.37. The fourth-order valence-electron chi connectivity index (χ4n) is 2.29. The summed E-state index contributed by atoms with van der Waals surface area (Å²) in [7, 11) is 0. The van der Waals surface area contributed by atoms with Crippen LogP contribution in [-0.4, -0.2) is 22.5 Å². The Labute approximate surface area is 191 Å². The second-order valence-electron chi connectivity index (χ2n) is 8.32. The Morgan fingerprint density at radius 3 is 2.45 bits per heavy atom. The van der Waals surface area contributed by atoms with Crippen LogP contribution < -0.4 is 4.74 Å². The summed E-state index contributed by atoms with van der Waals surface area (Å²) in [5.74, 6) is 3.17. The van der Waals surface area contributed by atoms with Crippen molar-refractivity contribution in [3.8, 4) is 18.1 Å². The molecule has 0 aliphatic carbocycles. The van der Waals surface area contributed by atoms with Gasteiger partial charge in [-0.15, -0.1) is 18.2 Å². The van der Waals surface area contributed by atoms with Crippen molar-refractivity contribution in [2.24, 2.45) is 5.41 Å². The number of pyridine rings is 1. The van der Waals surface area contributed by atoms with Gasteiger partial charge in [-0.05, 0) is 56.7 Å². The number of Topliss-reactive ketones (excluding diaryl/α,β-unsaturated/α-hetero) is 1. The lowest BCUT2D eigenvalue weighted by molar-refractivity contribution is -0.120. The molecule has 1 aromatic heterocycles. The molecule has 2 rings (SSSR count). The van der Waals surface area contributed by atoms with E-state index in [1.807, 2.05) is 37.5 Å². The molecule has 31 heavy (non-hydrogen) atoms. The Hall–Kier alpha value is -2.77. The molecule has 0 aliphatic rings. The molecule has 1 heterocycles. The first-order chi connectivity index (χ1) is 14.5. The van der Waals surface area contributed by atoms with Crippen molar-refractivity contribution in [2.45, 2.75) is 47.0 Å². The normalized spacial score (nSPS) is 12.6. The first-order valence-corrected chi connectivity index (χ1v) is 11.3. The molecule has 3 nitrogen and oxygen atoms in total. The topological polar surface area (TPSA) is 39.2 Å². The summed E-state index contributed by atoms with van der Waals surface area (Å²) in [6.07, 6.45) is 15.1. The molecule has 0 spiro atoms. The van der Waals surface area contributed by atoms with E-state index in [0.717, 1.165) is 22.0 Å². The lowest BCUT2D eigenvalue weighted by atomic mass is 9.87. The summed E-state index contributed by atoms with van der Waals surface area (Å²) in [5, 5.41) is 0.899. The highest BCUT2D eigenvalue weighted by molar-refractivity contribution is 7.99. The van der Waals surface area contributed by atoms with E-state index in [2.05, 4.69) is 57.3 Å². The van der Waals surface area contributed by atoms with Gasteiger partial charge in [0.1, 0.15) is 5.75 Å². The van der Waals surface area contributed by atoms with E-state index in [0.29, 0.717) is 5.75 Å². The zero-order chi connectivity index (χ0) is 23.6. The van der Waals surface area contributed by atoms with Crippen LogP contribution in [-0.2, 0) is 4.79 Å². The first-order valence-electron chi connectivity index (χ1n) is 10.0. The van der Waals surface area contributed by atoms with E-state index in [1.54, 1.807) is 12.3 Å². The molecule has 1 unspecified atom stereocenters. The molecule has 0 aliphatic heterocycles. The number of ether oxygens (including phenoxy) is 1. The lowest BCUT2D eigenvalue weighted by Crippen LogP contribution is -2.20. The quantitative estimate of drug-likeness (QED) is 0.279. The molecule has 2 aromatic rings. The Morgan fingerprint density at radius 1 is 1.26 bits per heavy atom. The Balaban J connectivity index is 0.000000348. The average molecular weight is 436 g/mol. The number of hydrogen-bond acceptors (Lipinski definition) is 4. The van der Waals surface area contributed by atoms with Crippen LogP contribution in [0.15, 0.2) is 66.4 Å². The summed E-state index contributed by atoms with van der Waals surface area (Å²) in [6.45, 7) is 16.1. The van der Waals surface area contributed by atoms with Crippen LogP contribution in [0.25, 0.3) is 10.9 Å². The van der Waals surface area contributed by atoms with Crippen molar-refractivity contribution in [2.75, 3.05) is 6.26 Å². The number of hydrogen-bond donors (Lipinski definition) is 0. The van der Waals surface area contributed by atoms with Gasteiger partial charge in [0, 0.05) is 17.1 Å². The highest BCUT2D eigenvalue weighted by Crippen LogP contribution is 2.24. The second kappa shape index (κ2) is 12.2. The van der Waals surface area contributed by atoms with E-state index in [4.69, 9.17) is 11.2 Å². The first kappa shape index (κ1) is 26.3. The van der Waals surface area contributed by atoms with Gasteiger partial charge in [0.15, 0.2) is 5.78 Å². The minimum atomic E-state index is -0.485. The molecule has 164 valence electrons. The summed E-state index contributed by atoms with van der Waals surface area (Å²) in [4.78, 5) is 15.6. The number of carbonyl (C=O) groups excluding carboxylic acids is 1. The number of terminal acetylenes is 1. The summed E-state index contributed by atoms with van der Waals surface area (Å²) in [5.41, 5.74) is 3.83. The molecular weight excluding hydrogens is 402 g/mol. The molecule has 0 bridgehead atoms. The molecule has 0 radical (unpaired) electrons. The minimum absolute atomic E-state index is 0.0110. The Morgan fingerprint density at radius 2 is 1.94 bits per heavy atom. The highest BCUT2D eigenvalue weighted by atomic mass is 32.2. The standard InChI is InChI=1S/C15H13NO2S.C12H20/c1-4-11-7-12-8-13(5-6-14(12)16-9-11)18-15(19-3)10(2)17;1-10(2)8-7-9-11(3)12(4,5)6/h1,5-9,15H,2-3H3;7-9H,1H2,2-6H3/b;8-7-,11-9+. The van der Waals surface area contributed by atoms with Crippen molar-refractivity contribution >= 4 is 28.4 Å². The van der Waals surface area contributed by atoms with E-state index >= 15 is 0 Å². The maximum Gasteiger partial charge on any atom is 0.202 e. The fraction of sp³-hybridized carbons (Fsp3) is 0.333. The number of rotatable bonds is 6. The third-order valence-corrected chi connectivity index (χ3v) is 5.37. The Bertz CT molecular complexity index is 1020. The third-order valence-electron chi connectivity index (χ3n) is 4.52. The maximum atomic E-state index is 11.4. The summed E-state index contributed by atoms with van der Waals surface area (Å²) < 4.78 is 5.64. The van der Waals surface area contributed by atoms with Crippen molar-refractivity contribution in [1.29, 1.82) is 0 Å². The summed E-state index contributed by atoms with van der Waals surface area (Å²) >= 11 is 1.37. The van der Waals surface area contributed by atoms with Crippen LogP contribution in [0.3, 0.4) is 0 Å². The molecule has 0 N–H and O–H groups in total. The highest BCUT2D eigenvalue weighted by Gasteiger charge is 2.14. The molecule has 0 amide bonds. The van der Waals surface area contributed by atoms with Gasteiger partial charge >= 0.3 is 0 Å². The van der Waals surface area contributed by atoms with Crippen LogP contribution in [0.5, 0.6) is 5.75 Å². The third kappa shape index (κ3) is 9.27. The van der Waals surface area contributed by atoms with Crippen molar-refractivity contribution in [3.63, 3.8) is 0 Å². The predicted octanol–water partition coefficient (Wildman–Crippen LogP) is 6.98. The fourth-order valence-corrected chi connectivity index (χ4v) is 2.83. The molecule has 4 heteroatoms. The van der Waals surface area contributed by atoms with Crippen LogP contribution in [0.1, 0.15) is 47.1 Å². The number of aromatic nitrogens is 1. The zero-order valence-corrected chi connectivity index (χ0v) is 20.5. The van der Waals surface area contributed by atoms with Crippen LogP contribution in [0.2, 0.25) is 0 Å². The van der Waals surface area contributed by atoms with E-state index in [-0.39, 0.29) is 11.2 Å². The molecule has 0 saturated carbocycles. The van der Waals surface area contributed by atoms with Crippen molar-refractivity contribution < 1.29 is 9.53 Å². The van der Waals surface area contributed by atoms with E-state index < -0.39 is 5.44 Å². The van der Waals surface area contributed by atoms with E-state index in [9.17, 15) is 4.79 Å². The smallest absolute Gasteiger partial charge is 0.202 e. The average Bonchev–Trinajstić information content (AvgIpc) is 2.70. The molecule has 1 aromatic carbocycles.